The number of imidazole rings is 1. The van der Waals surface area contributed by atoms with Gasteiger partial charge in [-0.2, -0.15) is 13.2 Å². The van der Waals surface area contributed by atoms with Crippen molar-refractivity contribution in [2.24, 2.45) is 0 Å². The number of alkyl halides is 3. The highest BCUT2D eigenvalue weighted by Gasteiger charge is 2.41. The van der Waals surface area contributed by atoms with Crippen LogP contribution >= 0.6 is 0 Å². The van der Waals surface area contributed by atoms with Crippen LogP contribution in [0.1, 0.15) is 53.4 Å². The number of anilines is 2. The van der Waals surface area contributed by atoms with Gasteiger partial charge in [-0.1, -0.05) is 55.0 Å². The Bertz CT molecular complexity index is 1130. The molecule has 0 bridgehead atoms. The van der Waals surface area contributed by atoms with Crippen molar-refractivity contribution in [2.75, 3.05) is 24.5 Å². The molecule has 0 atom stereocenters. The fraction of sp³-hybridized carbons (Fsp3) is 0.464. The van der Waals surface area contributed by atoms with E-state index in [4.69, 9.17) is 0 Å². The molecule has 0 radical (unpaired) electrons. The van der Waals surface area contributed by atoms with E-state index < -0.39 is 11.9 Å². The lowest BCUT2D eigenvalue weighted by Crippen LogP contribution is -2.32. The Hall–Kier alpha value is -2.80. The van der Waals surface area contributed by atoms with E-state index in [1.807, 2.05) is 48.4 Å². The van der Waals surface area contributed by atoms with Crippen molar-refractivity contribution in [1.82, 2.24) is 14.5 Å². The quantitative estimate of drug-likeness (QED) is 0.350. The fourth-order valence-electron chi connectivity index (χ4n) is 5.33. The summed E-state index contributed by atoms with van der Waals surface area (Å²) in [6.45, 7) is 11.0. The zero-order valence-corrected chi connectivity index (χ0v) is 21.1. The van der Waals surface area contributed by atoms with Crippen LogP contribution in [0, 0.1) is 20.8 Å². The second kappa shape index (κ2) is 10.4. The predicted octanol–water partition coefficient (Wildman–Crippen LogP) is 6.82. The van der Waals surface area contributed by atoms with Crippen LogP contribution in [-0.2, 0) is 25.7 Å². The van der Waals surface area contributed by atoms with Crippen LogP contribution < -0.4 is 4.90 Å². The lowest BCUT2D eigenvalue weighted by atomic mass is 10.0. The Kier molecular flexibility index (Phi) is 7.55. The van der Waals surface area contributed by atoms with Gasteiger partial charge in [0.1, 0.15) is 0 Å². The molecule has 0 N–H and O–H groups in total. The van der Waals surface area contributed by atoms with Crippen LogP contribution in [-0.4, -0.2) is 34.1 Å². The van der Waals surface area contributed by atoms with Gasteiger partial charge >= 0.3 is 6.18 Å². The molecule has 0 spiro atoms. The molecule has 0 fully saturated rings. The van der Waals surface area contributed by atoms with Crippen LogP contribution in [0.3, 0.4) is 0 Å². The summed E-state index contributed by atoms with van der Waals surface area (Å²) in [5.74, 6) is 0.410. The summed E-state index contributed by atoms with van der Waals surface area (Å²) in [5.41, 5.74) is 4.96. The lowest BCUT2D eigenvalue weighted by molar-refractivity contribution is -0.141. The Labute approximate surface area is 206 Å². The number of halogens is 3. The van der Waals surface area contributed by atoms with Crippen LogP contribution in [0.15, 0.2) is 42.5 Å². The van der Waals surface area contributed by atoms with Gasteiger partial charge in [-0.25, -0.2) is 4.98 Å². The van der Waals surface area contributed by atoms with E-state index in [0.717, 1.165) is 48.2 Å². The van der Waals surface area contributed by atoms with E-state index in [1.54, 1.807) is 0 Å². The molecule has 4 rings (SSSR count). The van der Waals surface area contributed by atoms with Crippen molar-refractivity contribution in [3.8, 4) is 0 Å². The van der Waals surface area contributed by atoms with E-state index in [9.17, 15) is 13.2 Å². The Morgan fingerprint density at radius 2 is 1.66 bits per heavy atom. The molecule has 0 amide bonds. The van der Waals surface area contributed by atoms with E-state index in [-0.39, 0.29) is 12.2 Å². The molecule has 0 saturated carbocycles. The normalized spacial score (nSPS) is 14.0. The SMILES string of the molecule is CCCN(CCc1ccccc1)Cc1c(C(F)(F)F)nc2n1CCCN2c1c(C)cc(C)cc1C. The Morgan fingerprint density at radius 3 is 2.29 bits per heavy atom. The maximum Gasteiger partial charge on any atom is 0.435 e. The molecule has 3 aromatic rings. The second-order valence-corrected chi connectivity index (χ2v) is 9.62. The van der Waals surface area contributed by atoms with Gasteiger partial charge < -0.3 is 9.47 Å². The molecule has 2 heterocycles. The van der Waals surface area contributed by atoms with Gasteiger partial charge in [0.15, 0.2) is 5.69 Å². The number of nitrogens with zero attached hydrogens (tertiary/aromatic N) is 4. The van der Waals surface area contributed by atoms with Crippen molar-refractivity contribution in [2.45, 2.75) is 66.2 Å². The average Bonchev–Trinajstić information content (AvgIpc) is 3.17. The molecule has 35 heavy (non-hydrogen) atoms. The molecular weight excluding hydrogens is 449 g/mol. The number of rotatable bonds is 8. The van der Waals surface area contributed by atoms with E-state index in [1.165, 1.54) is 5.56 Å². The summed E-state index contributed by atoms with van der Waals surface area (Å²) < 4.78 is 44.6. The molecule has 1 aliphatic rings. The maximum atomic E-state index is 14.2. The zero-order chi connectivity index (χ0) is 25.2. The molecule has 1 aliphatic heterocycles. The molecule has 0 saturated heterocycles. The van der Waals surface area contributed by atoms with Crippen molar-refractivity contribution < 1.29 is 13.2 Å². The van der Waals surface area contributed by atoms with E-state index >= 15 is 0 Å². The van der Waals surface area contributed by atoms with Crippen molar-refractivity contribution in [3.05, 3.63) is 76.1 Å². The summed E-state index contributed by atoms with van der Waals surface area (Å²) in [7, 11) is 0. The smallest absolute Gasteiger partial charge is 0.312 e. The highest BCUT2D eigenvalue weighted by Crippen LogP contribution is 2.40. The highest BCUT2D eigenvalue weighted by molar-refractivity contribution is 5.68. The number of hydrogen-bond acceptors (Lipinski definition) is 3. The highest BCUT2D eigenvalue weighted by atomic mass is 19.4. The summed E-state index contributed by atoms with van der Waals surface area (Å²) in [4.78, 5) is 8.37. The Morgan fingerprint density at radius 1 is 0.971 bits per heavy atom. The topological polar surface area (TPSA) is 24.3 Å². The first-order valence-electron chi connectivity index (χ1n) is 12.5. The van der Waals surface area contributed by atoms with Crippen LogP contribution in [0.2, 0.25) is 0 Å². The first-order valence-corrected chi connectivity index (χ1v) is 12.5. The molecule has 188 valence electrons. The van der Waals surface area contributed by atoms with Crippen LogP contribution in [0.5, 0.6) is 0 Å². The minimum absolute atomic E-state index is 0.238. The number of fused-ring (bicyclic) bond motifs is 1. The molecule has 2 aromatic carbocycles. The number of aromatic nitrogens is 2. The third kappa shape index (κ3) is 5.56. The van der Waals surface area contributed by atoms with Crippen LogP contribution in [0.4, 0.5) is 24.8 Å². The van der Waals surface area contributed by atoms with Gasteiger partial charge in [0.2, 0.25) is 5.95 Å². The van der Waals surface area contributed by atoms with E-state index in [0.29, 0.717) is 25.6 Å². The largest absolute Gasteiger partial charge is 0.435 e. The standard InChI is InChI=1S/C28H35F3N4/c1-5-13-33(16-12-23-10-7-6-8-11-23)19-24-26(28(29,30)31)32-27-34(24)14-9-15-35(27)25-21(3)17-20(2)18-22(25)4/h6-8,10-11,17-18H,5,9,12-16,19H2,1-4H3. The van der Waals surface area contributed by atoms with Gasteiger partial charge in [0.25, 0.3) is 0 Å². The van der Waals surface area contributed by atoms with Gasteiger partial charge in [0.05, 0.1) is 5.69 Å². The fourth-order valence-corrected chi connectivity index (χ4v) is 5.33. The van der Waals surface area contributed by atoms with Gasteiger partial charge in [-0.15, -0.1) is 0 Å². The number of benzene rings is 2. The third-order valence-corrected chi connectivity index (χ3v) is 6.70. The van der Waals surface area contributed by atoms with Crippen molar-refractivity contribution >= 4 is 11.6 Å². The van der Waals surface area contributed by atoms with Gasteiger partial charge in [-0.3, -0.25) is 4.90 Å². The van der Waals surface area contributed by atoms with E-state index in [2.05, 4.69) is 41.1 Å². The third-order valence-electron chi connectivity index (χ3n) is 6.70. The van der Waals surface area contributed by atoms with Gasteiger partial charge in [-0.05, 0) is 63.3 Å². The molecule has 4 nitrogen and oxygen atoms in total. The number of hydrogen-bond donors (Lipinski definition) is 0. The molecule has 0 unspecified atom stereocenters. The van der Waals surface area contributed by atoms with Crippen LogP contribution in [0.25, 0.3) is 0 Å². The minimum atomic E-state index is -4.50. The Balaban J connectivity index is 1.71. The van der Waals surface area contributed by atoms with Gasteiger partial charge in [0, 0.05) is 31.9 Å². The lowest BCUT2D eigenvalue weighted by Gasteiger charge is -2.33. The summed E-state index contributed by atoms with van der Waals surface area (Å²) in [5, 5.41) is 0. The number of aryl methyl sites for hydroxylation is 3. The first-order chi connectivity index (χ1) is 16.7. The predicted molar refractivity (Wildman–Crippen MR) is 135 cm³/mol. The monoisotopic (exact) mass is 484 g/mol. The maximum absolute atomic E-state index is 14.2. The summed E-state index contributed by atoms with van der Waals surface area (Å²) >= 11 is 0. The molecule has 1 aromatic heterocycles. The zero-order valence-electron chi connectivity index (χ0n) is 21.1. The molecule has 0 aliphatic carbocycles. The minimum Gasteiger partial charge on any atom is -0.312 e. The second-order valence-electron chi connectivity index (χ2n) is 9.62. The average molecular weight is 485 g/mol. The summed E-state index contributed by atoms with van der Waals surface area (Å²) in [6, 6.07) is 14.3. The van der Waals surface area contributed by atoms with Crippen molar-refractivity contribution in [3.63, 3.8) is 0 Å². The summed E-state index contributed by atoms with van der Waals surface area (Å²) in [6.07, 6.45) is -2.04. The molecule has 7 heteroatoms. The van der Waals surface area contributed by atoms with Crippen molar-refractivity contribution in [1.29, 1.82) is 0 Å². The molecular formula is C28H35F3N4. The first kappa shape index (κ1) is 25.3.